The van der Waals surface area contributed by atoms with Crippen LogP contribution >= 0.6 is 0 Å². The molecule has 0 unspecified atom stereocenters. The number of carbonyl (C=O) groups excluding carboxylic acids is 1. The van der Waals surface area contributed by atoms with Crippen LogP contribution in [0.15, 0.2) is 78.9 Å². The lowest BCUT2D eigenvalue weighted by molar-refractivity contribution is -0.123. The van der Waals surface area contributed by atoms with E-state index < -0.39 is 0 Å². The highest BCUT2D eigenvalue weighted by atomic mass is 16.5. The summed E-state index contributed by atoms with van der Waals surface area (Å²) in [7, 11) is 0. The highest BCUT2D eigenvalue weighted by molar-refractivity contribution is 5.78. The Balaban J connectivity index is 1.31. The van der Waals surface area contributed by atoms with E-state index in [1.165, 1.54) is 5.56 Å². The Kier molecular flexibility index (Phi) is 6.09. The molecule has 4 rings (SSSR count). The number of nitrogens with one attached hydrogen (secondary N) is 1. The molecule has 3 aromatic carbocycles. The second kappa shape index (κ2) is 9.27. The first-order valence-corrected chi connectivity index (χ1v) is 10.1. The van der Waals surface area contributed by atoms with Crippen LogP contribution in [0.3, 0.4) is 0 Å². The molecule has 5 heteroatoms. The minimum absolute atomic E-state index is 0.00450. The average molecular weight is 399 g/mol. The van der Waals surface area contributed by atoms with Crippen molar-refractivity contribution < 1.29 is 9.53 Å². The number of rotatable bonds is 8. The number of ether oxygens (including phenoxy) is 1. The Morgan fingerprint density at radius 3 is 2.57 bits per heavy atom. The molecule has 30 heavy (non-hydrogen) atoms. The maximum absolute atomic E-state index is 12.3. The molecule has 4 aromatic rings. The van der Waals surface area contributed by atoms with Crippen LogP contribution in [0.25, 0.3) is 11.0 Å². The molecule has 0 aliphatic rings. The Labute approximate surface area is 176 Å². The number of imidazole rings is 1. The fourth-order valence-electron chi connectivity index (χ4n) is 3.59. The molecule has 152 valence electrons. The third-order valence-corrected chi connectivity index (χ3v) is 5.07. The molecular weight excluding hydrogens is 374 g/mol. The number of benzene rings is 3. The molecule has 0 spiro atoms. The Bertz CT molecular complexity index is 1140. The number of carbonyl (C=O) groups is 1. The summed E-state index contributed by atoms with van der Waals surface area (Å²) in [6, 6.07) is 26.1. The van der Waals surface area contributed by atoms with Crippen LogP contribution in [0.4, 0.5) is 0 Å². The summed E-state index contributed by atoms with van der Waals surface area (Å²) in [5.74, 6) is 1.55. The number of aromatic nitrogens is 2. The van der Waals surface area contributed by atoms with Crippen molar-refractivity contribution in [3.63, 3.8) is 0 Å². The van der Waals surface area contributed by atoms with Gasteiger partial charge < -0.3 is 14.6 Å². The summed E-state index contributed by atoms with van der Waals surface area (Å²) in [6.45, 7) is 3.17. The van der Waals surface area contributed by atoms with Crippen LogP contribution in [0.5, 0.6) is 5.75 Å². The topological polar surface area (TPSA) is 56.2 Å². The molecule has 5 nitrogen and oxygen atoms in total. The van der Waals surface area contributed by atoms with E-state index in [0.717, 1.165) is 34.6 Å². The van der Waals surface area contributed by atoms with Gasteiger partial charge in [-0.2, -0.15) is 0 Å². The Hall–Kier alpha value is -3.60. The lowest BCUT2D eigenvalue weighted by Gasteiger charge is -2.12. The van der Waals surface area contributed by atoms with Gasteiger partial charge in [0.2, 0.25) is 0 Å². The quantitative estimate of drug-likeness (QED) is 0.485. The molecular formula is C25H25N3O2. The third kappa shape index (κ3) is 4.69. The fraction of sp³-hybridized carbons (Fsp3) is 0.200. The van der Waals surface area contributed by atoms with Gasteiger partial charge in [0.1, 0.15) is 11.6 Å². The lowest BCUT2D eigenvalue weighted by atomic mass is 10.0. The van der Waals surface area contributed by atoms with Crippen molar-refractivity contribution in [2.45, 2.75) is 19.9 Å². The first-order valence-electron chi connectivity index (χ1n) is 10.1. The van der Waals surface area contributed by atoms with Gasteiger partial charge >= 0.3 is 0 Å². The van der Waals surface area contributed by atoms with Crippen LogP contribution in [-0.2, 0) is 17.8 Å². The number of amides is 1. The summed E-state index contributed by atoms with van der Waals surface area (Å²) in [6.07, 6.45) is 0.769. The minimum atomic E-state index is -0.133. The van der Waals surface area contributed by atoms with Gasteiger partial charge in [-0.25, -0.2) is 4.98 Å². The number of para-hydroxylation sites is 3. The Morgan fingerprint density at radius 1 is 0.967 bits per heavy atom. The predicted octanol–water partition coefficient (Wildman–Crippen LogP) is 4.13. The van der Waals surface area contributed by atoms with E-state index in [4.69, 9.17) is 4.74 Å². The molecule has 0 saturated carbocycles. The van der Waals surface area contributed by atoms with E-state index in [0.29, 0.717) is 13.1 Å². The molecule has 1 heterocycles. The van der Waals surface area contributed by atoms with Crippen LogP contribution in [0, 0.1) is 6.92 Å². The van der Waals surface area contributed by atoms with E-state index >= 15 is 0 Å². The molecule has 1 amide bonds. The molecule has 0 aliphatic heterocycles. The first kappa shape index (κ1) is 19.7. The number of aryl methyl sites for hydroxylation is 1. The van der Waals surface area contributed by atoms with Crippen molar-refractivity contribution >= 4 is 16.9 Å². The summed E-state index contributed by atoms with van der Waals surface area (Å²) in [4.78, 5) is 16.9. The minimum Gasteiger partial charge on any atom is -0.483 e. The van der Waals surface area contributed by atoms with Gasteiger partial charge in [-0.3, -0.25) is 4.79 Å². The molecule has 1 N–H and O–H groups in total. The first-order chi connectivity index (χ1) is 14.7. The van der Waals surface area contributed by atoms with Crippen molar-refractivity contribution in [2.24, 2.45) is 0 Å². The van der Waals surface area contributed by atoms with Gasteiger partial charge in [-0.05, 0) is 36.2 Å². The molecule has 0 saturated heterocycles. The van der Waals surface area contributed by atoms with Gasteiger partial charge in [0.25, 0.3) is 5.91 Å². The largest absolute Gasteiger partial charge is 0.483 e. The van der Waals surface area contributed by atoms with Crippen molar-refractivity contribution in [3.8, 4) is 5.75 Å². The zero-order valence-electron chi connectivity index (χ0n) is 17.0. The van der Waals surface area contributed by atoms with E-state index in [-0.39, 0.29) is 12.5 Å². The highest BCUT2D eigenvalue weighted by Gasteiger charge is 2.09. The SMILES string of the molecule is Cc1nc2ccccc2n1CCNC(=O)COc1ccccc1Cc1ccccc1. The monoisotopic (exact) mass is 399 g/mol. The average Bonchev–Trinajstić information content (AvgIpc) is 3.09. The lowest BCUT2D eigenvalue weighted by Crippen LogP contribution is -2.31. The standard InChI is InChI=1S/C25H25N3O2/c1-19-27-22-12-6-7-13-23(22)28(19)16-15-26-25(29)18-30-24-14-8-5-11-21(24)17-20-9-3-2-4-10-20/h2-14H,15-18H2,1H3,(H,26,29). The maximum atomic E-state index is 12.3. The Morgan fingerprint density at radius 2 is 1.70 bits per heavy atom. The van der Waals surface area contributed by atoms with Gasteiger partial charge in [-0.15, -0.1) is 0 Å². The van der Waals surface area contributed by atoms with E-state index in [1.54, 1.807) is 0 Å². The predicted molar refractivity (Wildman–Crippen MR) is 119 cm³/mol. The number of hydrogen-bond donors (Lipinski definition) is 1. The molecule has 0 radical (unpaired) electrons. The third-order valence-electron chi connectivity index (χ3n) is 5.07. The normalized spacial score (nSPS) is 10.8. The van der Waals surface area contributed by atoms with Crippen LogP contribution in [0.2, 0.25) is 0 Å². The molecule has 0 fully saturated rings. The smallest absolute Gasteiger partial charge is 0.258 e. The zero-order valence-corrected chi connectivity index (χ0v) is 17.0. The second-order valence-corrected chi connectivity index (χ2v) is 7.21. The van der Waals surface area contributed by atoms with Gasteiger partial charge in [0.15, 0.2) is 6.61 Å². The molecule has 0 bridgehead atoms. The summed E-state index contributed by atoms with van der Waals surface area (Å²) in [5, 5.41) is 2.94. The number of nitrogens with zero attached hydrogens (tertiary/aromatic N) is 2. The van der Waals surface area contributed by atoms with Crippen LogP contribution < -0.4 is 10.1 Å². The summed E-state index contributed by atoms with van der Waals surface area (Å²) in [5.41, 5.74) is 4.33. The number of hydrogen-bond acceptors (Lipinski definition) is 3. The van der Waals surface area contributed by atoms with Crippen LogP contribution in [0.1, 0.15) is 17.0 Å². The van der Waals surface area contributed by atoms with Crippen LogP contribution in [-0.4, -0.2) is 28.6 Å². The highest BCUT2D eigenvalue weighted by Crippen LogP contribution is 2.21. The summed E-state index contributed by atoms with van der Waals surface area (Å²) >= 11 is 0. The van der Waals surface area contributed by atoms with Crippen molar-refractivity contribution in [1.82, 2.24) is 14.9 Å². The number of fused-ring (bicyclic) bond motifs is 1. The van der Waals surface area contributed by atoms with Crippen molar-refractivity contribution in [1.29, 1.82) is 0 Å². The maximum Gasteiger partial charge on any atom is 0.258 e. The van der Waals surface area contributed by atoms with Crippen molar-refractivity contribution in [3.05, 3.63) is 95.8 Å². The van der Waals surface area contributed by atoms with Crippen molar-refractivity contribution in [2.75, 3.05) is 13.2 Å². The van der Waals surface area contributed by atoms with Gasteiger partial charge in [0, 0.05) is 19.5 Å². The van der Waals surface area contributed by atoms with E-state index in [1.807, 2.05) is 73.7 Å². The van der Waals surface area contributed by atoms with Gasteiger partial charge in [-0.1, -0.05) is 60.7 Å². The molecule has 0 atom stereocenters. The second-order valence-electron chi connectivity index (χ2n) is 7.21. The van der Waals surface area contributed by atoms with E-state index in [9.17, 15) is 4.79 Å². The fourth-order valence-corrected chi connectivity index (χ4v) is 3.59. The summed E-state index contributed by atoms with van der Waals surface area (Å²) < 4.78 is 7.94. The van der Waals surface area contributed by atoms with Gasteiger partial charge in [0.05, 0.1) is 11.0 Å². The zero-order chi connectivity index (χ0) is 20.8. The van der Waals surface area contributed by atoms with E-state index in [2.05, 4.69) is 27.0 Å². The molecule has 1 aromatic heterocycles. The molecule has 0 aliphatic carbocycles.